The van der Waals surface area contributed by atoms with E-state index in [1.54, 1.807) is 0 Å². The van der Waals surface area contributed by atoms with E-state index in [1.807, 2.05) is 30.3 Å². The second kappa shape index (κ2) is 4.22. The Bertz CT molecular complexity index is 429. The molecular weight excluding hydrogens is 194 g/mol. The Kier molecular flexibility index (Phi) is 2.77. The molecule has 0 radical (unpaired) electrons. The largest absolute Gasteiger partial charge is 0.207 e. The second-order valence-corrected chi connectivity index (χ2v) is 3.44. The highest BCUT2D eigenvalue weighted by molar-refractivity contribution is 5.26. The van der Waals surface area contributed by atoms with Crippen molar-refractivity contribution in [2.45, 2.75) is 6.42 Å². The van der Waals surface area contributed by atoms with Gasteiger partial charge >= 0.3 is 0 Å². The second-order valence-electron chi connectivity index (χ2n) is 3.44. The van der Waals surface area contributed by atoms with Gasteiger partial charge in [-0.1, -0.05) is 30.3 Å². The van der Waals surface area contributed by atoms with Crippen LogP contribution in [0.25, 0.3) is 0 Å². The molecule has 0 saturated heterocycles. The first kappa shape index (κ1) is 9.84. The summed E-state index contributed by atoms with van der Waals surface area (Å²) in [6.07, 6.45) is 0.551. The summed E-state index contributed by atoms with van der Waals surface area (Å²) in [5.41, 5.74) is 1.70. The molecule has 0 bridgehead atoms. The van der Waals surface area contributed by atoms with Crippen LogP contribution in [-0.4, -0.2) is 0 Å². The van der Waals surface area contributed by atoms with Gasteiger partial charge in [0, 0.05) is 6.07 Å². The van der Waals surface area contributed by atoms with Crippen LogP contribution in [0.4, 0.5) is 8.78 Å². The summed E-state index contributed by atoms with van der Waals surface area (Å²) in [4.78, 5) is 0. The van der Waals surface area contributed by atoms with Gasteiger partial charge in [-0.3, -0.25) is 0 Å². The predicted octanol–water partition coefficient (Wildman–Crippen LogP) is 3.56. The SMILES string of the molecule is Fc1cc(F)cc(Cc2ccccc2)c1. The van der Waals surface area contributed by atoms with Crippen LogP contribution in [0.1, 0.15) is 11.1 Å². The molecule has 0 heterocycles. The average Bonchev–Trinajstić information content (AvgIpc) is 2.17. The van der Waals surface area contributed by atoms with Crippen LogP contribution in [0.15, 0.2) is 48.5 Å². The molecule has 0 aliphatic carbocycles. The molecule has 2 aromatic rings. The zero-order valence-electron chi connectivity index (χ0n) is 8.08. The van der Waals surface area contributed by atoms with Crippen molar-refractivity contribution in [2.75, 3.05) is 0 Å². The van der Waals surface area contributed by atoms with Crippen LogP contribution in [0.5, 0.6) is 0 Å². The molecule has 0 aliphatic heterocycles. The minimum absolute atomic E-state index is 0.527. The molecule has 0 amide bonds. The van der Waals surface area contributed by atoms with Gasteiger partial charge in [0.15, 0.2) is 0 Å². The van der Waals surface area contributed by atoms with Crippen molar-refractivity contribution in [1.82, 2.24) is 0 Å². The van der Waals surface area contributed by atoms with E-state index >= 15 is 0 Å². The molecule has 2 heteroatoms. The Morgan fingerprint density at radius 2 is 1.33 bits per heavy atom. The van der Waals surface area contributed by atoms with E-state index in [-0.39, 0.29) is 0 Å². The number of hydrogen-bond donors (Lipinski definition) is 0. The normalized spacial score (nSPS) is 10.3. The van der Waals surface area contributed by atoms with Crippen LogP contribution in [0.2, 0.25) is 0 Å². The smallest absolute Gasteiger partial charge is 0.126 e. The lowest BCUT2D eigenvalue weighted by Crippen LogP contribution is -1.90. The van der Waals surface area contributed by atoms with E-state index in [0.717, 1.165) is 11.6 Å². The Morgan fingerprint density at radius 1 is 0.733 bits per heavy atom. The van der Waals surface area contributed by atoms with Gasteiger partial charge in [0.25, 0.3) is 0 Å². The highest BCUT2D eigenvalue weighted by Crippen LogP contribution is 2.12. The van der Waals surface area contributed by atoms with Crippen molar-refractivity contribution in [3.8, 4) is 0 Å². The number of benzene rings is 2. The van der Waals surface area contributed by atoms with Gasteiger partial charge in [-0.25, -0.2) is 8.78 Å². The van der Waals surface area contributed by atoms with E-state index in [0.29, 0.717) is 12.0 Å². The molecule has 2 aromatic carbocycles. The maximum atomic E-state index is 12.9. The molecule has 0 aromatic heterocycles. The summed E-state index contributed by atoms with van der Waals surface area (Å²) in [5.74, 6) is -1.05. The van der Waals surface area contributed by atoms with Crippen molar-refractivity contribution in [1.29, 1.82) is 0 Å². The van der Waals surface area contributed by atoms with Crippen LogP contribution in [0, 0.1) is 11.6 Å². The lowest BCUT2D eigenvalue weighted by Gasteiger charge is -2.02. The van der Waals surface area contributed by atoms with Crippen LogP contribution < -0.4 is 0 Å². The Hall–Kier alpha value is -1.70. The maximum absolute atomic E-state index is 12.9. The van der Waals surface area contributed by atoms with E-state index in [9.17, 15) is 8.78 Å². The van der Waals surface area contributed by atoms with E-state index in [2.05, 4.69) is 0 Å². The molecule has 2 rings (SSSR count). The van der Waals surface area contributed by atoms with Gasteiger partial charge in [-0.05, 0) is 29.7 Å². The zero-order chi connectivity index (χ0) is 10.7. The van der Waals surface area contributed by atoms with Gasteiger partial charge in [-0.2, -0.15) is 0 Å². The summed E-state index contributed by atoms with van der Waals surface area (Å²) in [5, 5.41) is 0. The minimum Gasteiger partial charge on any atom is -0.207 e. The standard InChI is InChI=1S/C13H10F2/c14-12-7-11(8-13(15)9-12)6-10-4-2-1-3-5-10/h1-5,7-9H,6H2. The predicted molar refractivity (Wildman–Crippen MR) is 55.6 cm³/mol. The van der Waals surface area contributed by atoms with Crippen LogP contribution >= 0.6 is 0 Å². The van der Waals surface area contributed by atoms with Gasteiger partial charge in [0.2, 0.25) is 0 Å². The fourth-order valence-corrected chi connectivity index (χ4v) is 1.54. The molecule has 0 N–H and O–H groups in total. The summed E-state index contributed by atoms with van der Waals surface area (Å²) in [6, 6.07) is 13.2. The van der Waals surface area contributed by atoms with Gasteiger partial charge in [-0.15, -0.1) is 0 Å². The maximum Gasteiger partial charge on any atom is 0.126 e. The van der Waals surface area contributed by atoms with Gasteiger partial charge in [0.1, 0.15) is 11.6 Å². The minimum atomic E-state index is -0.527. The molecule has 76 valence electrons. The lowest BCUT2D eigenvalue weighted by atomic mass is 10.1. The topological polar surface area (TPSA) is 0 Å². The third kappa shape index (κ3) is 2.62. The molecule has 0 nitrogen and oxygen atoms in total. The third-order valence-electron chi connectivity index (χ3n) is 2.17. The highest BCUT2D eigenvalue weighted by atomic mass is 19.1. The Balaban J connectivity index is 2.25. The summed E-state index contributed by atoms with van der Waals surface area (Å²) in [6.45, 7) is 0. The van der Waals surface area contributed by atoms with Crippen LogP contribution in [0.3, 0.4) is 0 Å². The fraction of sp³-hybridized carbons (Fsp3) is 0.0769. The molecule has 0 unspecified atom stereocenters. The first-order valence-electron chi connectivity index (χ1n) is 4.73. The summed E-state index contributed by atoms with van der Waals surface area (Å²) >= 11 is 0. The molecule has 0 saturated carbocycles. The van der Waals surface area contributed by atoms with Gasteiger partial charge in [0.05, 0.1) is 0 Å². The molecule has 0 spiro atoms. The lowest BCUT2D eigenvalue weighted by molar-refractivity contribution is 0.580. The quantitative estimate of drug-likeness (QED) is 0.701. The summed E-state index contributed by atoms with van der Waals surface area (Å²) < 4.78 is 25.8. The number of hydrogen-bond acceptors (Lipinski definition) is 0. The van der Waals surface area contributed by atoms with Crippen molar-refractivity contribution in [2.24, 2.45) is 0 Å². The highest BCUT2D eigenvalue weighted by Gasteiger charge is 2.01. The molecule has 0 atom stereocenters. The number of rotatable bonds is 2. The molecule has 0 aliphatic rings. The first-order chi connectivity index (χ1) is 7.24. The first-order valence-corrected chi connectivity index (χ1v) is 4.73. The Morgan fingerprint density at radius 3 is 1.93 bits per heavy atom. The van der Waals surface area contributed by atoms with Gasteiger partial charge < -0.3 is 0 Å². The number of halogens is 2. The van der Waals surface area contributed by atoms with E-state index in [1.165, 1.54) is 12.1 Å². The van der Waals surface area contributed by atoms with Crippen molar-refractivity contribution in [3.63, 3.8) is 0 Å². The van der Waals surface area contributed by atoms with E-state index in [4.69, 9.17) is 0 Å². The molecule has 15 heavy (non-hydrogen) atoms. The van der Waals surface area contributed by atoms with Crippen molar-refractivity contribution < 1.29 is 8.78 Å². The Labute approximate surface area is 87.2 Å². The van der Waals surface area contributed by atoms with E-state index < -0.39 is 11.6 Å². The van der Waals surface area contributed by atoms with Crippen LogP contribution in [-0.2, 0) is 6.42 Å². The summed E-state index contributed by atoms with van der Waals surface area (Å²) in [7, 11) is 0. The fourth-order valence-electron chi connectivity index (χ4n) is 1.54. The molecular formula is C13H10F2. The average molecular weight is 204 g/mol. The third-order valence-corrected chi connectivity index (χ3v) is 2.17. The molecule has 0 fully saturated rings. The van der Waals surface area contributed by atoms with Crippen molar-refractivity contribution in [3.05, 3.63) is 71.3 Å². The zero-order valence-corrected chi connectivity index (χ0v) is 8.08. The monoisotopic (exact) mass is 204 g/mol. The van der Waals surface area contributed by atoms with Crippen molar-refractivity contribution >= 4 is 0 Å².